The van der Waals surface area contributed by atoms with Gasteiger partial charge < -0.3 is 14.0 Å². The SMILES string of the molecule is COC1CCN(S(=O)(=O)Nc2ccc(F)c(Oc3ccc4ncn(C)c(=O)c4c3C)c2Cl)C1. The molecule has 1 aromatic heterocycles. The van der Waals surface area contributed by atoms with Gasteiger partial charge in [0.2, 0.25) is 0 Å². The molecule has 1 fully saturated rings. The Morgan fingerprint density at radius 2 is 2.03 bits per heavy atom. The lowest BCUT2D eigenvalue weighted by Gasteiger charge is -2.19. The van der Waals surface area contributed by atoms with Crippen LogP contribution in [0, 0.1) is 12.7 Å². The van der Waals surface area contributed by atoms with Crippen molar-refractivity contribution < 1.29 is 22.3 Å². The monoisotopic (exact) mass is 496 g/mol. The molecule has 33 heavy (non-hydrogen) atoms. The minimum atomic E-state index is -3.94. The van der Waals surface area contributed by atoms with Crippen molar-refractivity contribution in [1.82, 2.24) is 13.9 Å². The molecule has 3 aromatic rings. The summed E-state index contributed by atoms with van der Waals surface area (Å²) in [4.78, 5) is 16.8. The second-order valence-electron chi connectivity index (χ2n) is 7.70. The molecular formula is C21H22ClFN4O5S. The molecule has 4 rings (SSSR count). The number of nitrogens with zero attached hydrogens (tertiary/aromatic N) is 3. The van der Waals surface area contributed by atoms with Gasteiger partial charge in [0.15, 0.2) is 11.6 Å². The highest BCUT2D eigenvalue weighted by molar-refractivity contribution is 7.90. The van der Waals surface area contributed by atoms with Gasteiger partial charge in [-0.3, -0.25) is 9.52 Å². The molecule has 1 N–H and O–H groups in total. The molecule has 1 saturated heterocycles. The summed E-state index contributed by atoms with van der Waals surface area (Å²) < 4.78 is 56.1. The fourth-order valence-electron chi connectivity index (χ4n) is 3.67. The summed E-state index contributed by atoms with van der Waals surface area (Å²) in [5, 5.41) is 0.0762. The van der Waals surface area contributed by atoms with Crippen LogP contribution in [0.15, 0.2) is 35.4 Å². The molecule has 0 bridgehead atoms. The second-order valence-corrected chi connectivity index (χ2v) is 9.74. The van der Waals surface area contributed by atoms with Crippen LogP contribution in [0.5, 0.6) is 11.5 Å². The number of hydrogen-bond donors (Lipinski definition) is 1. The fraction of sp³-hybridized carbons (Fsp3) is 0.333. The third-order valence-electron chi connectivity index (χ3n) is 5.58. The number of aryl methyl sites for hydroxylation is 2. The number of methoxy groups -OCH3 is 1. The van der Waals surface area contributed by atoms with Gasteiger partial charge in [-0.05, 0) is 37.6 Å². The topological polar surface area (TPSA) is 103 Å². The average molecular weight is 497 g/mol. The number of ether oxygens (including phenoxy) is 2. The lowest BCUT2D eigenvalue weighted by atomic mass is 10.1. The number of nitrogens with one attached hydrogen (secondary N) is 1. The van der Waals surface area contributed by atoms with Gasteiger partial charge >= 0.3 is 10.2 Å². The molecule has 1 atom stereocenters. The van der Waals surface area contributed by atoms with E-state index in [0.29, 0.717) is 22.9 Å². The lowest BCUT2D eigenvalue weighted by Crippen LogP contribution is -2.35. The Hall–Kier alpha value is -2.73. The normalized spacial score (nSPS) is 16.9. The van der Waals surface area contributed by atoms with Gasteiger partial charge in [-0.25, -0.2) is 9.37 Å². The first-order valence-electron chi connectivity index (χ1n) is 10.0. The quantitative estimate of drug-likeness (QED) is 0.562. The summed E-state index contributed by atoms with van der Waals surface area (Å²) in [5.41, 5.74) is 0.599. The van der Waals surface area contributed by atoms with E-state index in [4.69, 9.17) is 21.1 Å². The van der Waals surface area contributed by atoms with Crippen molar-refractivity contribution in [2.45, 2.75) is 19.4 Å². The van der Waals surface area contributed by atoms with E-state index in [0.717, 1.165) is 6.07 Å². The standard InChI is InChI=1S/C21H22ClFN4O5S/c1-12-17(7-6-15-18(12)21(28)26(2)11-24-15)32-20-14(23)4-5-16(19(20)22)25-33(29,30)27-9-8-13(10-27)31-3/h4-7,11,13,25H,8-10H2,1-3H3. The highest BCUT2D eigenvalue weighted by Gasteiger charge is 2.32. The Morgan fingerprint density at radius 3 is 2.73 bits per heavy atom. The van der Waals surface area contributed by atoms with Crippen LogP contribution in [0.1, 0.15) is 12.0 Å². The first kappa shape index (κ1) is 23.4. The molecule has 1 aliphatic heterocycles. The van der Waals surface area contributed by atoms with E-state index < -0.39 is 16.0 Å². The van der Waals surface area contributed by atoms with Crippen molar-refractivity contribution in [2.24, 2.45) is 7.05 Å². The maximum absolute atomic E-state index is 14.6. The molecule has 0 radical (unpaired) electrons. The van der Waals surface area contributed by atoms with E-state index in [2.05, 4.69) is 9.71 Å². The number of aromatic nitrogens is 2. The van der Waals surface area contributed by atoms with Crippen molar-refractivity contribution in [3.63, 3.8) is 0 Å². The molecule has 0 saturated carbocycles. The van der Waals surface area contributed by atoms with Gasteiger partial charge in [0, 0.05) is 32.8 Å². The zero-order valence-corrected chi connectivity index (χ0v) is 19.7. The van der Waals surface area contributed by atoms with E-state index in [-0.39, 0.29) is 47.0 Å². The van der Waals surface area contributed by atoms with Crippen LogP contribution in [-0.4, -0.2) is 48.6 Å². The summed E-state index contributed by atoms with van der Waals surface area (Å²) in [6.45, 7) is 2.14. The lowest BCUT2D eigenvalue weighted by molar-refractivity contribution is 0.115. The first-order chi connectivity index (χ1) is 15.6. The van der Waals surface area contributed by atoms with Crippen molar-refractivity contribution in [1.29, 1.82) is 0 Å². The maximum Gasteiger partial charge on any atom is 0.301 e. The van der Waals surface area contributed by atoms with Crippen molar-refractivity contribution >= 4 is 38.4 Å². The van der Waals surface area contributed by atoms with Gasteiger partial charge in [0.1, 0.15) is 10.8 Å². The minimum absolute atomic E-state index is 0.0371. The van der Waals surface area contributed by atoms with E-state index in [9.17, 15) is 17.6 Å². The van der Waals surface area contributed by atoms with Crippen LogP contribution in [0.25, 0.3) is 10.9 Å². The molecule has 0 aliphatic carbocycles. The molecule has 12 heteroatoms. The van der Waals surface area contributed by atoms with Crippen LogP contribution < -0.4 is 15.0 Å². The van der Waals surface area contributed by atoms with Crippen LogP contribution in [0.2, 0.25) is 5.02 Å². The van der Waals surface area contributed by atoms with Gasteiger partial charge in [-0.2, -0.15) is 12.7 Å². The fourth-order valence-corrected chi connectivity index (χ4v) is 5.25. The molecule has 9 nitrogen and oxygen atoms in total. The zero-order valence-electron chi connectivity index (χ0n) is 18.1. The van der Waals surface area contributed by atoms with E-state index in [1.54, 1.807) is 26.1 Å². The molecule has 2 aromatic carbocycles. The van der Waals surface area contributed by atoms with Gasteiger partial charge in [0.05, 0.1) is 29.0 Å². The Morgan fingerprint density at radius 1 is 1.27 bits per heavy atom. The van der Waals surface area contributed by atoms with Gasteiger partial charge in [-0.15, -0.1) is 0 Å². The second kappa shape index (κ2) is 8.90. The largest absolute Gasteiger partial charge is 0.452 e. The van der Waals surface area contributed by atoms with Crippen molar-refractivity contribution in [2.75, 3.05) is 24.9 Å². The highest BCUT2D eigenvalue weighted by atomic mass is 35.5. The number of rotatable bonds is 6. The maximum atomic E-state index is 14.6. The molecule has 1 aliphatic rings. The Labute approximate surface area is 194 Å². The number of fused-ring (bicyclic) bond motifs is 1. The molecule has 1 unspecified atom stereocenters. The average Bonchev–Trinajstić information content (AvgIpc) is 3.27. The molecular weight excluding hydrogens is 475 g/mol. The zero-order chi connectivity index (χ0) is 23.9. The van der Waals surface area contributed by atoms with Crippen LogP contribution in [0.3, 0.4) is 0 Å². The number of halogens is 2. The number of benzene rings is 2. The third-order valence-corrected chi connectivity index (χ3v) is 7.44. The van der Waals surface area contributed by atoms with E-state index in [1.807, 2.05) is 0 Å². The van der Waals surface area contributed by atoms with Crippen molar-refractivity contribution in [3.05, 3.63) is 57.3 Å². The minimum Gasteiger partial charge on any atom is -0.452 e. The number of anilines is 1. The molecule has 176 valence electrons. The van der Waals surface area contributed by atoms with Crippen LogP contribution >= 0.6 is 11.6 Å². The molecule has 0 amide bonds. The molecule has 0 spiro atoms. The Bertz CT molecular complexity index is 1400. The predicted octanol–water partition coefficient (Wildman–Crippen LogP) is 3.20. The van der Waals surface area contributed by atoms with Gasteiger partial charge in [-0.1, -0.05) is 11.6 Å². The Kier molecular flexibility index (Phi) is 6.32. The highest BCUT2D eigenvalue weighted by Crippen LogP contribution is 2.39. The summed E-state index contributed by atoms with van der Waals surface area (Å²) in [5.74, 6) is -0.964. The van der Waals surface area contributed by atoms with Crippen molar-refractivity contribution in [3.8, 4) is 11.5 Å². The Balaban J connectivity index is 1.68. The molecule has 2 heterocycles. The summed E-state index contributed by atoms with van der Waals surface area (Å²) in [7, 11) is -0.844. The first-order valence-corrected chi connectivity index (χ1v) is 11.9. The van der Waals surface area contributed by atoms with E-state index in [1.165, 1.54) is 28.4 Å². The van der Waals surface area contributed by atoms with Gasteiger partial charge in [0.25, 0.3) is 5.56 Å². The van der Waals surface area contributed by atoms with E-state index >= 15 is 0 Å². The summed E-state index contributed by atoms with van der Waals surface area (Å²) in [6.07, 6.45) is 1.78. The predicted molar refractivity (Wildman–Crippen MR) is 123 cm³/mol. The summed E-state index contributed by atoms with van der Waals surface area (Å²) in [6, 6.07) is 5.40. The van der Waals surface area contributed by atoms with Crippen LogP contribution in [0.4, 0.5) is 10.1 Å². The smallest absolute Gasteiger partial charge is 0.301 e. The third kappa shape index (κ3) is 4.41. The number of hydrogen-bond acceptors (Lipinski definition) is 6. The van der Waals surface area contributed by atoms with Crippen LogP contribution in [-0.2, 0) is 22.0 Å². The summed E-state index contributed by atoms with van der Waals surface area (Å²) >= 11 is 6.35.